The molecule has 0 spiro atoms. The molecule has 0 saturated heterocycles. The van der Waals surface area contributed by atoms with Gasteiger partial charge in [0.15, 0.2) is 11.5 Å². The van der Waals surface area contributed by atoms with Crippen molar-refractivity contribution >= 4 is 22.9 Å². The second-order valence-corrected chi connectivity index (χ2v) is 6.91. The third-order valence-corrected chi connectivity index (χ3v) is 5.47. The van der Waals surface area contributed by atoms with Gasteiger partial charge < -0.3 is 14.4 Å². The van der Waals surface area contributed by atoms with Crippen molar-refractivity contribution in [1.29, 1.82) is 0 Å². The molecule has 0 N–H and O–H groups in total. The summed E-state index contributed by atoms with van der Waals surface area (Å²) in [5.41, 5.74) is 4.82. The van der Waals surface area contributed by atoms with Crippen LogP contribution in [0.3, 0.4) is 0 Å². The number of hydrogen-bond donors (Lipinski definition) is 0. The van der Waals surface area contributed by atoms with Crippen molar-refractivity contribution in [3.8, 4) is 33.3 Å². The van der Waals surface area contributed by atoms with Crippen LogP contribution in [0.15, 0.2) is 41.8 Å². The molecule has 1 aromatic heterocycles. The van der Waals surface area contributed by atoms with Crippen molar-refractivity contribution in [3.05, 3.63) is 47.3 Å². The molecule has 0 unspecified atom stereocenters. The number of benzene rings is 2. The van der Waals surface area contributed by atoms with Gasteiger partial charge in [0.25, 0.3) is 0 Å². The van der Waals surface area contributed by atoms with Gasteiger partial charge in [0.1, 0.15) is 5.01 Å². The summed E-state index contributed by atoms with van der Waals surface area (Å²) < 4.78 is 10.9. The van der Waals surface area contributed by atoms with E-state index in [-0.39, 0.29) is 5.91 Å². The second kappa shape index (κ2) is 6.46. The lowest BCUT2D eigenvalue weighted by molar-refractivity contribution is -0.117. The Labute approximate surface area is 155 Å². The average molecular weight is 366 g/mol. The predicted molar refractivity (Wildman–Crippen MR) is 103 cm³/mol. The molecule has 5 nitrogen and oxygen atoms in total. The summed E-state index contributed by atoms with van der Waals surface area (Å²) in [6, 6.07) is 11.8. The highest BCUT2D eigenvalue weighted by Crippen LogP contribution is 2.40. The number of ether oxygens (including phenoxy) is 2. The van der Waals surface area contributed by atoms with Crippen LogP contribution in [0, 0.1) is 0 Å². The molecule has 1 aliphatic heterocycles. The van der Waals surface area contributed by atoms with Crippen molar-refractivity contribution in [2.75, 3.05) is 26.2 Å². The third-order valence-electron chi connectivity index (χ3n) is 4.59. The Morgan fingerprint density at radius 1 is 1.15 bits per heavy atom. The Kier molecular flexibility index (Phi) is 4.12. The van der Waals surface area contributed by atoms with E-state index in [0.29, 0.717) is 17.9 Å². The first kappa shape index (κ1) is 16.6. The summed E-state index contributed by atoms with van der Waals surface area (Å²) in [5.74, 6) is 1.48. The van der Waals surface area contributed by atoms with Crippen LogP contribution in [0.1, 0.15) is 5.56 Å². The molecule has 3 aromatic rings. The van der Waals surface area contributed by atoms with Crippen molar-refractivity contribution in [1.82, 2.24) is 4.98 Å². The van der Waals surface area contributed by atoms with E-state index in [4.69, 9.17) is 14.5 Å². The number of methoxy groups -OCH3 is 2. The zero-order chi connectivity index (χ0) is 18.3. The van der Waals surface area contributed by atoms with Crippen LogP contribution < -0.4 is 14.4 Å². The smallest absolute Gasteiger partial charge is 0.231 e. The zero-order valence-electron chi connectivity index (χ0n) is 14.8. The van der Waals surface area contributed by atoms with Gasteiger partial charge in [-0.05, 0) is 29.8 Å². The Bertz CT molecular complexity index is 996. The molecule has 0 fully saturated rings. The van der Waals surface area contributed by atoms with Crippen LogP contribution in [0.5, 0.6) is 11.5 Å². The molecule has 6 heteroatoms. The first-order valence-electron chi connectivity index (χ1n) is 8.19. The second-order valence-electron chi connectivity index (χ2n) is 6.05. The molecule has 4 rings (SSSR count). The number of likely N-dealkylation sites (N-methyl/N-ethyl adjacent to an activating group) is 1. The van der Waals surface area contributed by atoms with Crippen molar-refractivity contribution in [3.63, 3.8) is 0 Å². The van der Waals surface area contributed by atoms with Crippen LogP contribution in [0.2, 0.25) is 0 Å². The number of para-hydroxylation sites is 1. The third kappa shape index (κ3) is 2.63. The summed E-state index contributed by atoms with van der Waals surface area (Å²) in [6.45, 7) is 0. The van der Waals surface area contributed by atoms with Crippen molar-refractivity contribution in [2.45, 2.75) is 6.42 Å². The molecule has 2 aromatic carbocycles. The predicted octanol–water partition coefficient (Wildman–Crippen LogP) is 4.01. The molecule has 0 aliphatic carbocycles. The van der Waals surface area contributed by atoms with E-state index in [1.54, 1.807) is 30.5 Å². The Morgan fingerprint density at radius 2 is 2.00 bits per heavy atom. The highest BCUT2D eigenvalue weighted by atomic mass is 32.1. The van der Waals surface area contributed by atoms with Gasteiger partial charge in [-0.3, -0.25) is 4.79 Å². The molecular formula is C20H18N2O3S. The van der Waals surface area contributed by atoms with Crippen molar-refractivity contribution in [2.24, 2.45) is 0 Å². The van der Waals surface area contributed by atoms with Crippen LogP contribution in [0.4, 0.5) is 5.69 Å². The van der Waals surface area contributed by atoms with Crippen LogP contribution >= 0.6 is 11.3 Å². The minimum Gasteiger partial charge on any atom is -0.493 e. The molecular weight excluding hydrogens is 348 g/mol. The molecule has 0 atom stereocenters. The highest BCUT2D eigenvalue weighted by Gasteiger charge is 2.24. The van der Waals surface area contributed by atoms with Gasteiger partial charge in [-0.15, -0.1) is 11.3 Å². The minimum atomic E-state index is 0.122. The first-order chi connectivity index (χ1) is 12.6. The summed E-state index contributed by atoms with van der Waals surface area (Å²) in [7, 11) is 5.06. The number of amides is 1. The number of carbonyl (C=O) groups is 1. The Hall–Kier alpha value is -2.86. The largest absolute Gasteiger partial charge is 0.493 e. The zero-order valence-corrected chi connectivity index (χ0v) is 15.6. The summed E-state index contributed by atoms with van der Waals surface area (Å²) in [5, 5.41) is 2.89. The molecule has 0 radical (unpaired) electrons. The number of aromatic nitrogens is 1. The first-order valence-corrected chi connectivity index (χ1v) is 9.07. The lowest BCUT2D eigenvalue weighted by Gasteiger charge is -2.11. The normalized spacial score (nSPS) is 13.0. The number of nitrogens with zero attached hydrogens (tertiary/aromatic N) is 2. The monoisotopic (exact) mass is 366 g/mol. The van der Waals surface area contributed by atoms with E-state index in [9.17, 15) is 4.79 Å². The Balaban J connectivity index is 1.72. The maximum Gasteiger partial charge on any atom is 0.231 e. The van der Waals surface area contributed by atoms with Gasteiger partial charge in [0.05, 0.1) is 31.9 Å². The number of rotatable bonds is 4. The van der Waals surface area contributed by atoms with Gasteiger partial charge in [0, 0.05) is 23.7 Å². The molecule has 0 saturated carbocycles. The summed E-state index contributed by atoms with van der Waals surface area (Å²) in [4.78, 5) is 18.4. The van der Waals surface area contributed by atoms with E-state index in [0.717, 1.165) is 33.1 Å². The van der Waals surface area contributed by atoms with Gasteiger partial charge >= 0.3 is 0 Å². The highest BCUT2D eigenvalue weighted by molar-refractivity contribution is 7.13. The van der Waals surface area contributed by atoms with E-state index < -0.39 is 0 Å². The Morgan fingerprint density at radius 3 is 2.77 bits per heavy atom. The molecule has 1 aliphatic rings. The van der Waals surface area contributed by atoms with Crippen LogP contribution in [-0.4, -0.2) is 32.2 Å². The average Bonchev–Trinajstić information content (AvgIpc) is 3.26. The standard InChI is InChI=1S/C20H18N2O3S/c1-22-16-8-7-12(9-13(16)10-18(22)23)15-11-26-20(21-15)14-5-4-6-17(24-2)19(14)25-3/h4-9,11H,10H2,1-3H3. The number of thiazole rings is 1. The quantitative estimate of drug-likeness (QED) is 0.700. The number of anilines is 1. The molecule has 2 heterocycles. The fourth-order valence-corrected chi connectivity index (χ4v) is 4.07. The molecule has 26 heavy (non-hydrogen) atoms. The van der Waals surface area contributed by atoms with Gasteiger partial charge in [-0.25, -0.2) is 4.98 Å². The van der Waals surface area contributed by atoms with Crippen LogP contribution in [-0.2, 0) is 11.2 Å². The molecule has 132 valence electrons. The van der Waals surface area contributed by atoms with Gasteiger partial charge in [-0.1, -0.05) is 12.1 Å². The lowest BCUT2D eigenvalue weighted by Crippen LogP contribution is -2.20. The maximum absolute atomic E-state index is 11.9. The van der Waals surface area contributed by atoms with Gasteiger partial charge in [-0.2, -0.15) is 0 Å². The van der Waals surface area contributed by atoms with Crippen LogP contribution in [0.25, 0.3) is 21.8 Å². The summed E-state index contributed by atoms with van der Waals surface area (Å²) >= 11 is 1.56. The molecule has 1 amide bonds. The topological polar surface area (TPSA) is 51.7 Å². The number of hydrogen-bond acceptors (Lipinski definition) is 5. The van der Waals surface area contributed by atoms with E-state index in [2.05, 4.69) is 6.07 Å². The SMILES string of the molecule is COc1cccc(-c2nc(-c3ccc4c(c3)CC(=O)N4C)cs2)c1OC. The molecule has 0 bridgehead atoms. The fraction of sp³-hybridized carbons (Fsp3) is 0.200. The number of carbonyl (C=O) groups excluding carboxylic acids is 1. The number of fused-ring (bicyclic) bond motifs is 1. The van der Waals surface area contributed by atoms with Crippen molar-refractivity contribution < 1.29 is 14.3 Å². The van der Waals surface area contributed by atoms with Gasteiger partial charge in [0.2, 0.25) is 5.91 Å². The fourth-order valence-electron chi connectivity index (χ4n) is 3.22. The lowest BCUT2D eigenvalue weighted by atomic mass is 10.1. The minimum absolute atomic E-state index is 0.122. The van der Waals surface area contributed by atoms with E-state index >= 15 is 0 Å². The summed E-state index contributed by atoms with van der Waals surface area (Å²) in [6.07, 6.45) is 0.445. The van der Waals surface area contributed by atoms with E-state index in [1.165, 1.54) is 0 Å². The van der Waals surface area contributed by atoms with E-state index in [1.807, 2.05) is 42.8 Å². The maximum atomic E-state index is 11.9.